The summed E-state index contributed by atoms with van der Waals surface area (Å²) < 4.78 is 0. The van der Waals surface area contributed by atoms with Gasteiger partial charge in [0.1, 0.15) is 0 Å². The number of piperidine rings is 1. The maximum Gasteiger partial charge on any atom is 0.317 e. The van der Waals surface area contributed by atoms with Gasteiger partial charge in [0.25, 0.3) is 0 Å². The molecule has 1 aromatic carbocycles. The van der Waals surface area contributed by atoms with Crippen molar-refractivity contribution in [3.63, 3.8) is 0 Å². The van der Waals surface area contributed by atoms with E-state index in [1.165, 1.54) is 5.56 Å². The zero-order chi connectivity index (χ0) is 12.4. The van der Waals surface area contributed by atoms with Crippen molar-refractivity contribution < 1.29 is 4.79 Å². The van der Waals surface area contributed by atoms with Crippen LogP contribution in [0.3, 0.4) is 0 Å². The Bertz CT molecular complexity index is 420. The molecule has 2 N–H and O–H groups in total. The van der Waals surface area contributed by atoms with Gasteiger partial charge in [-0.25, -0.2) is 4.79 Å². The molecule has 1 unspecified atom stereocenters. The Kier molecular flexibility index (Phi) is 3.19. The average Bonchev–Trinajstić information content (AvgIpc) is 2.86. The maximum absolute atomic E-state index is 11.8. The number of hydrogen-bond acceptors (Lipinski definition) is 2. The first-order valence-corrected chi connectivity index (χ1v) is 6.66. The van der Waals surface area contributed by atoms with Crippen LogP contribution >= 0.6 is 0 Å². The zero-order valence-corrected chi connectivity index (χ0v) is 10.4. The van der Waals surface area contributed by atoms with Crippen LogP contribution in [0.5, 0.6) is 0 Å². The van der Waals surface area contributed by atoms with Gasteiger partial charge in [-0.05, 0) is 18.5 Å². The Balaban J connectivity index is 1.84. The molecule has 0 aromatic heterocycles. The highest BCUT2D eigenvalue weighted by atomic mass is 16.2. The second kappa shape index (κ2) is 4.98. The molecule has 1 aromatic rings. The van der Waals surface area contributed by atoms with Crippen molar-refractivity contribution in [1.29, 1.82) is 0 Å². The number of carbonyl (C=O) groups is 1. The molecule has 0 aliphatic carbocycles. The van der Waals surface area contributed by atoms with E-state index in [1.54, 1.807) is 0 Å². The minimum Gasteiger partial charge on any atom is -0.336 e. The highest BCUT2D eigenvalue weighted by molar-refractivity contribution is 5.76. The predicted octanol–water partition coefficient (Wildman–Crippen LogP) is 1.16. The summed E-state index contributed by atoms with van der Waals surface area (Å²) in [6.45, 7) is 3.58. The molecule has 0 bridgehead atoms. The van der Waals surface area contributed by atoms with Crippen molar-refractivity contribution >= 4 is 6.03 Å². The van der Waals surface area contributed by atoms with E-state index in [9.17, 15) is 4.79 Å². The Morgan fingerprint density at radius 1 is 1.17 bits per heavy atom. The molecular formula is C14H19N3O. The summed E-state index contributed by atoms with van der Waals surface area (Å²) in [4.78, 5) is 13.9. The molecule has 96 valence electrons. The van der Waals surface area contributed by atoms with Crippen molar-refractivity contribution in [3.8, 4) is 0 Å². The molecule has 2 saturated heterocycles. The fourth-order valence-electron chi connectivity index (χ4n) is 3.06. The van der Waals surface area contributed by atoms with E-state index in [4.69, 9.17) is 0 Å². The lowest BCUT2D eigenvalue weighted by atomic mass is 9.86. The Labute approximate surface area is 107 Å². The fourth-order valence-corrected chi connectivity index (χ4v) is 3.06. The molecule has 0 saturated carbocycles. The topological polar surface area (TPSA) is 44.4 Å². The van der Waals surface area contributed by atoms with Crippen LogP contribution in [-0.4, -0.2) is 43.2 Å². The van der Waals surface area contributed by atoms with Crippen molar-refractivity contribution in [2.75, 3.05) is 26.2 Å². The number of nitrogens with one attached hydrogen (secondary N) is 2. The quantitative estimate of drug-likeness (QED) is 0.821. The monoisotopic (exact) mass is 245 g/mol. The van der Waals surface area contributed by atoms with E-state index >= 15 is 0 Å². The Morgan fingerprint density at radius 3 is 2.72 bits per heavy atom. The number of rotatable bonds is 2. The van der Waals surface area contributed by atoms with Crippen LogP contribution in [0.2, 0.25) is 0 Å². The summed E-state index contributed by atoms with van der Waals surface area (Å²) >= 11 is 0. The second-order valence-electron chi connectivity index (χ2n) is 5.00. The van der Waals surface area contributed by atoms with Crippen molar-refractivity contribution in [2.45, 2.75) is 18.4 Å². The first kappa shape index (κ1) is 11.5. The van der Waals surface area contributed by atoms with Crippen LogP contribution in [-0.2, 0) is 0 Å². The number of amides is 2. The number of nitrogens with zero attached hydrogens (tertiary/aromatic N) is 1. The van der Waals surface area contributed by atoms with Gasteiger partial charge in [-0.1, -0.05) is 30.3 Å². The van der Waals surface area contributed by atoms with Gasteiger partial charge in [0, 0.05) is 31.6 Å². The molecule has 3 rings (SSSR count). The molecular weight excluding hydrogens is 226 g/mol. The molecule has 2 fully saturated rings. The number of benzene rings is 1. The lowest BCUT2D eigenvalue weighted by molar-refractivity contribution is 0.171. The highest BCUT2D eigenvalue weighted by Gasteiger charge is 2.35. The van der Waals surface area contributed by atoms with E-state index in [0.29, 0.717) is 12.0 Å². The number of urea groups is 1. The van der Waals surface area contributed by atoms with Gasteiger partial charge in [0.15, 0.2) is 0 Å². The first-order valence-electron chi connectivity index (χ1n) is 6.66. The minimum atomic E-state index is 0.0998. The lowest BCUT2D eigenvalue weighted by Gasteiger charge is -2.38. The van der Waals surface area contributed by atoms with Gasteiger partial charge < -0.3 is 15.5 Å². The smallest absolute Gasteiger partial charge is 0.317 e. The summed E-state index contributed by atoms with van der Waals surface area (Å²) in [6, 6.07) is 10.9. The fraction of sp³-hybridized carbons (Fsp3) is 0.500. The van der Waals surface area contributed by atoms with Crippen molar-refractivity contribution in [1.82, 2.24) is 15.5 Å². The molecule has 2 atom stereocenters. The maximum atomic E-state index is 11.8. The van der Waals surface area contributed by atoms with Crippen LogP contribution in [0, 0.1) is 0 Å². The highest BCUT2D eigenvalue weighted by Crippen LogP contribution is 2.28. The molecule has 0 spiro atoms. The Morgan fingerprint density at radius 2 is 2.00 bits per heavy atom. The third-order valence-corrected chi connectivity index (χ3v) is 3.96. The van der Waals surface area contributed by atoms with Crippen LogP contribution < -0.4 is 10.6 Å². The summed E-state index contributed by atoms with van der Waals surface area (Å²) in [5, 5.41) is 6.35. The van der Waals surface area contributed by atoms with Crippen LogP contribution in [0.1, 0.15) is 17.9 Å². The summed E-state index contributed by atoms with van der Waals surface area (Å²) in [5.41, 5.74) is 1.33. The van der Waals surface area contributed by atoms with E-state index < -0.39 is 0 Å². The van der Waals surface area contributed by atoms with Gasteiger partial charge in [-0.2, -0.15) is 0 Å². The van der Waals surface area contributed by atoms with Gasteiger partial charge in [-0.15, -0.1) is 0 Å². The first-order chi connectivity index (χ1) is 8.86. The van der Waals surface area contributed by atoms with Gasteiger partial charge in [0.05, 0.1) is 0 Å². The normalized spacial score (nSPS) is 28.2. The standard InChI is InChI=1S/C14H19N3O/c18-14-16-8-9-17(14)13-6-7-15-10-12(13)11-4-2-1-3-5-11/h1-5,12-13,15H,6-10H2,(H,16,18)/t12-,13?/m0/s1. The van der Waals surface area contributed by atoms with E-state index in [0.717, 1.165) is 32.6 Å². The molecule has 2 aliphatic heterocycles. The average molecular weight is 245 g/mol. The molecule has 0 radical (unpaired) electrons. The third-order valence-electron chi connectivity index (χ3n) is 3.96. The molecule has 2 aliphatic rings. The third kappa shape index (κ3) is 2.08. The number of carbonyl (C=O) groups excluding carboxylic acids is 1. The van der Waals surface area contributed by atoms with Crippen molar-refractivity contribution in [3.05, 3.63) is 35.9 Å². The SMILES string of the molecule is O=C1NCCN1C1CCNC[C@H]1c1ccccc1. The summed E-state index contributed by atoms with van der Waals surface area (Å²) in [5.74, 6) is 0.406. The summed E-state index contributed by atoms with van der Waals surface area (Å²) in [7, 11) is 0. The minimum absolute atomic E-state index is 0.0998. The van der Waals surface area contributed by atoms with E-state index in [2.05, 4.69) is 34.9 Å². The molecule has 4 heteroatoms. The predicted molar refractivity (Wildman–Crippen MR) is 70.6 cm³/mol. The molecule has 2 heterocycles. The van der Waals surface area contributed by atoms with Gasteiger partial charge >= 0.3 is 6.03 Å². The zero-order valence-electron chi connectivity index (χ0n) is 10.4. The van der Waals surface area contributed by atoms with Gasteiger partial charge in [-0.3, -0.25) is 0 Å². The molecule has 18 heavy (non-hydrogen) atoms. The van der Waals surface area contributed by atoms with Crippen LogP contribution in [0.4, 0.5) is 4.79 Å². The van der Waals surface area contributed by atoms with Crippen LogP contribution in [0.25, 0.3) is 0 Å². The van der Waals surface area contributed by atoms with Crippen LogP contribution in [0.15, 0.2) is 30.3 Å². The van der Waals surface area contributed by atoms with Crippen molar-refractivity contribution in [2.24, 2.45) is 0 Å². The van der Waals surface area contributed by atoms with E-state index in [-0.39, 0.29) is 6.03 Å². The number of hydrogen-bond donors (Lipinski definition) is 2. The van der Waals surface area contributed by atoms with E-state index in [1.807, 2.05) is 11.0 Å². The largest absolute Gasteiger partial charge is 0.336 e. The molecule has 2 amide bonds. The van der Waals surface area contributed by atoms with Gasteiger partial charge in [0.2, 0.25) is 0 Å². The summed E-state index contributed by atoms with van der Waals surface area (Å²) in [6.07, 6.45) is 1.03. The Hall–Kier alpha value is -1.55. The molecule has 4 nitrogen and oxygen atoms in total. The lowest BCUT2D eigenvalue weighted by Crippen LogP contribution is -2.49. The second-order valence-corrected chi connectivity index (χ2v) is 5.00.